The van der Waals surface area contributed by atoms with Gasteiger partial charge in [0.15, 0.2) is 5.69 Å². The van der Waals surface area contributed by atoms with E-state index in [9.17, 15) is 13.2 Å². The first-order valence-electron chi connectivity index (χ1n) is 3.68. The van der Waals surface area contributed by atoms with E-state index < -0.39 is 18.0 Å². The average molecular weight is 194 g/mol. The van der Waals surface area contributed by atoms with Crippen molar-refractivity contribution in [3.05, 3.63) is 18.0 Å². The Morgan fingerprint density at radius 2 is 2.23 bits per heavy atom. The number of rotatable bonds is 2. The normalized spacial score (nSPS) is 14.5. The highest BCUT2D eigenvalue weighted by Crippen LogP contribution is 2.27. The maximum Gasteiger partial charge on any atom is 0.435 e. The van der Waals surface area contributed by atoms with E-state index in [2.05, 4.69) is 5.10 Å². The number of alkyl halides is 3. The van der Waals surface area contributed by atoms with Crippen molar-refractivity contribution < 1.29 is 18.3 Å². The van der Waals surface area contributed by atoms with Crippen LogP contribution in [0.25, 0.3) is 0 Å². The zero-order chi connectivity index (χ0) is 10.1. The van der Waals surface area contributed by atoms with Crippen molar-refractivity contribution >= 4 is 0 Å². The van der Waals surface area contributed by atoms with Gasteiger partial charge in [-0.15, -0.1) is 0 Å². The molecule has 6 heteroatoms. The molecular weight excluding hydrogens is 185 g/mol. The number of hydrogen-bond acceptors (Lipinski definition) is 2. The topological polar surface area (TPSA) is 38.0 Å². The Bertz CT molecular complexity index is 280. The van der Waals surface area contributed by atoms with Gasteiger partial charge in [0.05, 0.1) is 12.6 Å². The Morgan fingerprint density at radius 3 is 2.62 bits per heavy atom. The first kappa shape index (κ1) is 10.0. The standard InChI is InChI=1S/C7H9F3N2O/c1-5(13)4-12-3-2-6(11-12)7(8,9)10/h2-3,5,13H,4H2,1H3/t5-/m0/s1. The minimum Gasteiger partial charge on any atom is -0.391 e. The summed E-state index contributed by atoms with van der Waals surface area (Å²) in [6.07, 6.45) is -3.93. The molecule has 1 aromatic heterocycles. The van der Waals surface area contributed by atoms with Crippen molar-refractivity contribution in [1.82, 2.24) is 9.78 Å². The van der Waals surface area contributed by atoms with E-state index in [1.165, 1.54) is 13.1 Å². The number of halogens is 3. The number of aromatic nitrogens is 2. The number of aliphatic hydroxyl groups is 1. The zero-order valence-electron chi connectivity index (χ0n) is 6.91. The lowest BCUT2D eigenvalue weighted by molar-refractivity contribution is -0.141. The lowest BCUT2D eigenvalue weighted by Gasteiger charge is -2.04. The fourth-order valence-corrected chi connectivity index (χ4v) is 0.885. The molecule has 0 saturated heterocycles. The van der Waals surface area contributed by atoms with Gasteiger partial charge in [0.1, 0.15) is 0 Å². The maximum absolute atomic E-state index is 12.0. The van der Waals surface area contributed by atoms with Crippen molar-refractivity contribution in [2.45, 2.75) is 25.7 Å². The van der Waals surface area contributed by atoms with Crippen LogP contribution in [0.2, 0.25) is 0 Å². The van der Waals surface area contributed by atoms with E-state index >= 15 is 0 Å². The van der Waals surface area contributed by atoms with Gasteiger partial charge in [-0.05, 0) is 13.0 Å². The molecule has 0 saturated carbocycles. The molecule has 0 aliphatic heterocycles. The highest BCUT2D eigenvalue weighted by atomic mass is 19.4. The summed E-state index contributed by atoms with van der Waals surface area (Å²) in [6.45, 7) is 1.55. The average Bonchev–Trinajstić information content (AvgIpc) is 2.32. The number of hydrogen-bond donors (Lipinski definition) is 1. The Labute approximate surface area is 72.8 Å². The van der Waals surface area contributed by atoms with E-state index in [0.717, 1.165) is 10.7 Å². The van der Waals surface area contributed by atoms with Gasteiger partial charge < -0.3 is 5.11 Å². The van der Waals surface area contributed by atoms with Crippen LogP contribution in [0.5, 0.6) is 0 Å². The molecule has 1 atom stereocenters. The van der Waals surface area contributed by atoms with Crippen molar-refractivity contribution in [2.75, 3.05) is 0 Å². The van der Waals surface area contributed by atoms with E-state index in [1.807, 2.05) is 0 Å². The molecule has 74 valence electrons. The van der Waals surface area contributed by atoms with Crippen molar-refractivity contribution in [1.29, 1.82) is 0 Å². The second-order valence-corrected chi connectivity index (χ2v) is 2.77. The molecule has 0 amide bonds. The van der Waals surface area contributed by atoms with Crippen LogP contribution in [-0.2, 0) is 12.7 Å². The molecule has 0 fully saturated rings. The second-order valence-electron chi connectivity index (χ2n) is 2.77. The van der Waals surface area contributed by atoms with E-state index in [4.69, 9.17) is 5.11 Å². The van der Waals surface area contributed by atoms with Crippen LogP contribution >= 0.6 is 0 Å². The van der Waals surface area contributed by atoms with Gasteiger partial charge in [-0.25, -0.2) is 0 Å². The summed E-state index contributed by atoms with van der Waals surface area (Å²) >= 11 is 0. The predicted octanol–water partition coefficient (Wildman–Crippen LogP) is 1.28. The van der Waals surface area contributed by atoms with Crippen LogP contribution in [0.4, 0.5) is 13.2 Å². The molecule has 3 nitrogen and oxygen atoms in total. The number of nitrogens with zero attached hydrogens (tertiary/aromatic N) is 2. The predicted molar refractivity (Wildman–Crippen MR) is 38.9 cm³/mol. The fourth-order valence-electron chi connectivity index (χ4n) is 0.885. The number of aliphatic hydroxyl groups excluding tert-OH is 1. The quantitative estimate of drug-likeness (QED) is 0.770. The van der Waals surface area contributed by atoms with E-state index in [1.54, 1.807) is 0 Å². The molecule has 0 aliphatic carbocycles. The van der Waals surface area contributed by atoms with Crippen LogP contribution in [-0.4, -0.2) is 21.0 Å². The van der Waals surface area contributed by atoms with Crippen molar-refractivity contribution in [3.63, 3.8) is 0 Å². The smallest absolute Gasteiger partial charge is 0.391 e. The van der Waals surface area contributed by atoms with Crippen LogP contribution < -0.4 is 0 Å². The fraction of sp³-hybridized carbons (Fsp3) is 0.571. The van der Waals surface area contributed by atoms with Crippen LogP contribution in [0.1, 0.15) is 12.6 Å². The van der Waals surface area contributed by atoms with Crippen molar-refractivity contribution in [2.24, 2.45) is 0 Å². The summed E-state index contributed by atoms with van der Waals surface area (Å²) in [7, 11) is 0. The van der Waals surface area contributed by atoms with Crippen LogP contribution in [0.15, 0.2) is 12.3 Å². The largest absolute Gasteiger partial charge is 0.435 e. The third-order valence-electron chi connectivity index (χ3n) is 1.38. The molecule has 0 spiro atoms. The Hall–Kier alpha value is -1.04. The highest BCUT2D eigenvalue weighted by molar-refractivity contribution is 5.03. The van der Waals surface area contributed by atoms with Crippen LogP contribution in [0, 0.1) is 0 Å². The molecule has 0 aliphatic rings. The molecule has 13 heavy (non-hydrogen) atoms. The monoisotopic (exact) mass is 194 g/mol. The van der Waals surface area contributed by atoms with E-state index in [0.29, 0.717) is 0 Å². The van der Waals surface area contributed by atoms with Gasteiger partial charge >= 0.3 is 6.18 Å². The summed E-state index contributed by atoms with van der Waals surface area (Å²) in [5.74, 6) is 0. The molecule has 0 unspecified atom stereocenters. The summed E-state index contributed by atoms with van der Waals surface area (Å²) in [5, 5.41) is 12.1. The Kier molecular flexibility index (Phi) is 2.60. The van der Waals surface area contributed by atoms with Crippen LogP contribution in [0.3, 0.4) is 0 Å². The second kappa shape index (κ2) is 3.37. The lowest BCUT2D eigenvalue weighted by atomic mass is 10.4. The maximum atomic E-state index is 12.0. The minimum absolute atomic E-state index is 0.0656. The third-order valence-corrected chi connectivity index (χ3v) is 1.38. The SMILES string of the molecule is C[C@H](O)Cn1ccc(C(F)(F)F)n1. The minimum atomic E-state index is -4.41. The molecule has 0 radical (unpaired) electrons. The highest BCUT2D eigenvalue weighted by Gasteiger charge is 2.33. The third kappa shape index (κ3) is 2.73. The molecule has 0 aromatic carbocycles. The first-order chi connectivity index (χ1) is 5.89. The summed E-state index contributed by atoms with van der Waals surface area (Å²) in [5.41, 5.74) is -0.937. The molecule has 1 aromatic rings. The van der Waals surface area contributed by atoms with E-state index in [-0.39, 0.29) is 6.54 Å². The van der Waals surface area contributed by atoms with Gasteiger partial charge in [-0.2, -0.15) is 18.3 Å². The molecule has 1 heterocycles. The summed E-state index contributed by atoms with van der Waals surface area (Å²) in [6, 6.07) is 0.877. The summed E-state index contributed by atoms with van der Waals surface area (Å²) < 4.78 is 37.1. The van der Waals surface area contributed by atoms with Gasteiger partial charge in [-0.1, -0.05) is 0 Å². The lowest BCUT2D eigenvalue weighted by Crippen LogP contribution is -2.14. The van der Waals surface area contributed by atoms with Gasteiger partial charge in [0.25, 0.3) is 0 Å². The van der Waals surface area contributed by atoms with Crippen molar-refractivity contribution in [3.8, 4) is 0 Å². The Morgan fingerprint density at radius 1 is 1.62 bits per heavy atom. The molecule has 0 bridgehead atoms. The zero-order valence-corrected chi connectivity index (χ0v) is 6.91. The van der Waals surface area contributed by atoms with Gasteiger partial charge in [0, 0.05) is 6.20 Å². The molecule has 1 rings (SSSR count). The molecular formula is C7H9F3N2O. The Balaban J connectivity index is 2.75. The summed E-state index contributed by atoms with van der Waals surface area (Å²) in [4.78, 5) is 0. The first-order valence-corrected chi connectivity index (χ1v) is 3.68. The van der Waals surface area contributed by atoms with Gasteiger partial charge in [-0.3, -0.25) is 4.68 Å². The van der Waals surface area contributed by atoms with Gasteiger partial charge in [0.2, 0.25) is 0 Å². The molecule has 1 N–H and O–H groups in total.